The third-order valence-electron chi connectivity index (χ3n) is 4.74. The van der Waals surface area contributed by atoms with Gasteiger partial charge in [0.15, 0.2) is 0 Å². The molecule has 2 nitrogen and oxygen atoms in total. The van der Waals surface area contributed by atoms with Gasteiger partial charge < -0.3 is 17.7 Å². The van der Waals surface area contributed by atoms with Gasteiger partial charge in [-0.3, -0.25) is 4.48 Å². The van der Waals surface area contributed by atoms with Crippen LogP contribution in [0.3, 0.4) is 0 Å². The highest BCUT2D eigenvalue weighted by atomic mass is 35.5. The van der Waals surface area contributed by atoms with Crippen LogP contribution in [0.15, 0.2) is 24.3 Å². The van der Waals surface area contributed by atoms with E-state index in [2.05, 4.69) is 68.2 Å². The Morgan fingerprint density at radius 1 is 0.773 bits per heavy atom. The van der Waals surface area contributed by atoms with E-state index >= 15 is 0 Å². The van der Waals surface area contributed by atoms with Crippen molar-refractivity contribution in [2.45, 2.75) is 13.8 Å². The lowest BCUT2D eigenvalue weighted by Gasteiger charge is -2.30. The fraction of sp³-hybridized carbons (Fsp3) is 0.222. The zero-order valence-corrected chi connectivity index (χ0v) is 14.3. The summed E-state index contributed by atoms with van der Waals surface area (Å²) in [5.74, 6) is 0. The van der Waals surface area contributed by atoms with Crippen molar-refractivity contribution < 1.29 is 16.9 Å². The van der Waals surface area contributed by atoms with E-state index in [0.29, 0.717) is 0 Å². The Kier molecular flexibility index (Phi) is 4.57. The molecule has 4 rings (SSSR count). The predicted molar refractivity (Wildman–Crippen MR) is 92.0 cm³/mol. The average molecular weight is 335 g/mol. The van der Waals surface area contributed by atoms with Gasteiger partial charge in [0.1, 0.15) is 12.4 Å². The fourth-order valence-corrected chi connectivity index (χ4v) is 3.46. The first-order chi connectivity index (χ1) is 9.76. The van der Waals surface area contributed by atoms with Crippen molar-refractivity contribution in [3.05, 3.63) is 45.1 Å². The van der Waals surface area contributed by atoms with Crippen molar-refractivity contribution in [3.8, 4) is 0 Å². The second kappa shape index (κ2) is 5.96. The monoisotopic (exact) mass is 334 g/mol. The molecule has 2 heterocycles. The first-order valence-electron chi connectivity index (χ1n) is 7.37. The van der Waals surface area contributed by atoms with Crippen LogP contribution in [0.1, 0.15) is 13.8 Å². The van der Waals surface area contributed by atoms with Crippen LogP contribution in [0.4, 0.5) is 0 Å². The highest BCUT2D eigenvalue weighted by Gasteiger charge is 2.22. The van der Waals surface area contributed by atoms with Gasteiger partial charge >= 0.3 is 0 Å². The molecule has 0 amide bonds. The molecule has 0 bridgehead atoms. The predicted octanol–water partition coefficient (Wildman–Crippen LogP) is -2.31. The van der Waals surface area contributed by atoms with Crippen LogP contribution in [0.25, 0.3) is 35.6 Å². The lowest BCUT2D eigenvalue weighted by molar-refractivity contribution is -0.767. The first kappa shape index (κ1) is 16.9. The van der Waals surface area contributed by atoms with Gasteiger partial charge in [-0.15, -0.1) is 12.4 Å². The largest absolute Gasteiger partial charge is 1.00 e. The molecule has 0 aliphatic carbocycles. The topological polar surface area (TPSA) is 12.0 Å². The van der Waals surface area contributed by atoms with E-state index in [9.17, 15) is 0 Å². The van der Waals surface area contributed by atoms with Crippen molar-refractivity contribution in [2.24, 2.45) is 0 Å². The molecule has 0 fully saturated rings. The van der Waals surface area contributed by atoms with Crippen LogP contribution in [-0.2, 0) is 0 Å². The van der Waals surface area contributed by atoms with Crippen molar-refractivity contribution in [1.82, 2.24) is 5.32 Å². The molecule has 2 aliphatic rings. The molecular formula is C18H20Cl2N2. The van der Waals surface area contributed by atoms with Crippen LogP contribution in [0.2, 0.25) is 0 Å². The minimum atomic E-state index is 0. The summed E-state index contributed by atoms with van der Waals surface area (Å²) in [6, 6.07) is 8.99. The molecular weight excluding hydrogens is 315 g/mol. The summed E-state index contributed by atoms with van der Waals surface area (Å²) in [6.45, 7) is 6.72. The Morgan fingerprint density at radius 2 is 1.18 bits per heavy atom. The van der Waals surface area contributed by atoms with Crippen molar-refractivity contribution >= 4 is 48.0 Å². The molecule has 0 atom stereocenters. The van der Waals surface area contributed by atoms with Gasteiger partial charge in [0, 0.05) is 33.6 Å². The number of nitrogens with one attached hydrogen (secondary N) is 1. The Labute approximate surface area is 142 Å². The minimum absolute atomic E-state index is 0. The van der Waals surface area contributed by atoms with E-state index in [4.69, 9.17) is 0 Å². The number of hydrogen-bond donors (Lipinski definition) is 1. The van der Waals surface area contributed by atoms with E-state index in [-0.39, 0.29) is 24.8 Å². The summed E-state index contributed by atoms with van der Waals surface area (Å²) in [5.41, 5.74) is 0. The molecule has 116 valence electrons. The molecule has 0 unspecified atom stereocenters. The average Bonchev–Trinajstić information content (AvgIpc) is 2.52. The third kappa shape index (κ3) is 2.23. The lowest BCUT2D eigenvalue weighted by Crippen LogP contribution is -3.00. The smallest absolute Gasteiger partial charge is 0.108 e. The van der Waals surface area contributed by atoms with Crippen LogP contribution in [0.5, 0.6) is 0 Å². The highest BCUT2D eigenvalue weighted by molar-refractivity contribution is 5.88. The molecule has 2 aromatic carbocycles. The zero-order chi connectivity index (χ0) is 13.7. The van der Waals surface area contributed by atoms with Crippen molar-refractivity contribution in [1.29, 1.82) is 0 Å². The van der Waals surface area contributed by atoms with Gasteiger partial charge in [0.2, 0.25) is 0 Å². The maximum absolute atomic E-state index is 3.24. The molecule has 0 spiro atoms. The Balaban J connectivity index is 0.000000882. The molecule has 0 saturated heterocycles. The number of quaternary nitrogens is 1. The molecule has 0 aromatic heterocycles. The van der Waals surface area contributed by atoms with Gasteiger partial charge in [-0.25, -0.2) is 0 Å². The van der Waals surface area contributed by atoms with Crippen LogP contribution >= 0.6 is 12.4 Å². The number of hydrogen-bond acceptors (Lipinski definition) is 1. The Morgan fingerprint density at radius 3 is 1.64 bits per heavy atom. The molecule has 22 heavy (non-hydrogen) atoms. The second-order valence-corrected chi connectivity index (χ2v) is 5.69. The minimum Gasteiger partial charge on any atom is -1.00 e. The normalized spacial score (nSPS) is 15.7. The van der Waals surface area contributed by atoms with Crippen LogP contribution in [-0.4, -0.2) is 17.6 Å². The number of rotatable bonds is 2. The van der Waals surface area contributed by atoms with Crippen molar-refractivity contribution in [2.75, 3.05) is 13.1 Å². The summed E-state index contributed by atoms with van der Waals surface area (Å²) in [4.78, 5) is 0. The van der Waals surface area contributed by atoms with E-state index < -0.39 is 0 Å². The van der Waals surface area contributed by atoms with E-state index in [1.54, 1.807) is 0 Å². The van der Waals surface area contributed by atoms with E-state index in [1.165, 1.54) is 31.6 Å². The summed E-state index contributed by atoms with van der Waals surface area (Å²) in [5, 5.41) is 11.4. The number of halogens is 2. The standard InChI is InChI=1S/C18H19N2.2ClH/c1-3-20(4-2)11-15-7-5-13-9-19-10-14-6-8-16(12-20)18(15)17(13)14;;/h5-12,19H,3-4H2,1-2H3;2*1H/q+1;;/p-1. The van der Waals surface area contributed by atoms with Gasteiger partial charge in [0.25, 0.3) is 0 Å². The van der Waals surface area contributed by atoms with Gasteiger partial charge in [0.05, 0.1) is 13.1 Å². The Bertz CT molecular complexity index is 886. The number of nitrogens with zero attached hydrogens (tertiary/aromatic N) is 1. The van der Waals surface area contributed by atoms with Gasteiger partial charge in [-0.05, 0) is 36.4 Å². The second-order valence-electron chi connectivity index (χ2n) is 5.69. The lowest BCUT2D eigenvalue weighted by atomic mass is 9.99. The number of benzene rings is 2. The zero-order valence-electron chi connectivity index (χ0n) is 12.8. The van der Waals surface area contributed by atoms with E-state index in [1.807, 2.05) is 0 Å². The molecule has 0 radical (unpaired) electrons. The maximum Gasteiger partial charge on any atom is 0.108 e. The highest BCUT2D eigenvalue weighted by Crippen LogP contribution is 2.13. The van der Waals surface area contributed by atoms with Gasteiger partial charge in [-0.1, -0.05) is 12.1 Å². The quantitative estimate of drug-likeness (QED) is 0.609. The van der Waals surface area contributed by atoms with Gasteiger partial charge in [-0.2, -0.15) is 0 Å². The summed E-state index contributed by atoms with van der Waals surface area (Å²) < 4.78 is 0.937. The van der Waals surface area contributed by atoms with Crippen molar-refractivity contribution in [3.63, 3.8) is 0 Å². The van der Waals surface area contributed by atoms with Crippen LogP contribution in [0, 0.1) is 0 Å². The first-order valence-corrected chi connectivity index (χ1v) is 7.37. The Hall–Kier alpha value is -1.48. The van der Waals surface area contributed by atoms with Crippen LogP contribution < -0.4 is 38.6 Å². The molecule has 4 heteroatoms. The summed E-state index contributed by atoms with van der Waals surface area (Å²) in [6.07, 6.45) is 9.01. The molecule has 2 aromatic rings. The molecule has 0 saturated carbocycles. The summed E-state index contributed by atoms with van der Waals surface area (Å²) >= 11 is 0. The fourth-order valence-electron chi connectivity index (χ4n) is 3.46. The molecule has 2 aliphatic heterocycles. The van der Waals surface area contributed by atoms with E-state index in [0.717, 1.165) is 17.6 Å². The SMILES string of the molecule is CC[N+]1(CC)C=c2ccc3c4c(ccc(c24)=C1)=CNC=3.Cl.[Cl-]. The third-order valence-corrected chi connectivity index (χ3v) is 4.74. The maximum atomic E-state index is 3.24. The summed E-state index contributed by atoms with van der Waals surface area (Å²) in [7, 11) is 0. The molecule has 1 N–H and O–H groups in total.